The van der Waals surface area contributed by atoms with Crippen LogP contribution in [0.15, 0.2) is 49.3 Å². The van der Waals surface area contributed by atoms with Crippen molar-refractivity contribution in [3.05, 3.63) is 77.8 Å². The van der Waals surface area contributed by atoms with Gasteiger partial charge in [0.2, 0.25) is 5.75 Å². The van der Waals surface area contributed by atoms with Crippen molar-refractivity contribution in [3.8, 4) is 23.0 Å². The molecule has 1 fully saturated rings. The molecule has 4 aromatic heterocycles. The minimum absolute atomic E-state index is 0.104. The molecule has 12 nitrogen and oxygen atoms in total. The number of hydrogen-bond acceptors (Lipinski definition) is 11. The Hall–Kier alpha value is -5.27. The van der Waals surface area contributed by atoms with Crippen LogP contribution in [-0.2, 0) is 6.54 Å². The number of hydrogen-bond donors (Lipinski definition) is 2. The van der Waals surface area contributed by atoms with Gasteiger partial charge in [0.05, 0.1) is 20.8 Å². The zero-order valence-corrected chi connectivity index (χ0v) is 23.0. The molecule has 0 atom stereocenters. The van der Waals surface area contributed by atoms with Crippen molar-refractivity contribution >= 4 is 23.3 Å². The number of methoxy groups -OCH3 is 2. The zero-order valence-electron chi connectivity index (χ0n) is 23.0. The normalized spacial score (nSPS) is 12.7. The molecule has 0 saturated heterocycles. The summed E-state index contributed by atoms with van der Waals surface area (Å²) in [5.41, 5.74) is 2.05. The van der Waals surface area contributed by atoms with Crippen LogP contribution in [0.2, 0.25) is 0 Å². The Morgan fingerprint density at radius 1 is 0.905 bits per heavy atom. The number of benzene rings is 1. The fourth-order valence-corrected chi connectivity index (χ4v) is 4.66. The first-order valence-corrected chi connectivity index (χ1v) is 13.1. The van der Waals surface area contributed by atoms with E-state index in [4.69, 9.17) is 24.5 Å². The van der Waals surface area contributed by atoms with Crippen molar-refractivity contribution in [2.75, 3.05) is 24.9 Å². The average Bonchev–Trinajstić information content (AvgIpc) is 3.78. The van der Waals surface area contributed by atoms with Gasteiger partial charge < -0.3 is 20.1 Å². The van der Waals surface area contributed by atoms with Crippen LogP contribution < -0.4 is 20.1 Å². The molecule has 6 rings (SSSR count). The van der Waals surface area contributed by atoms with E-state index in [-0.39, 0.29) is 29.6 Å². The van der Waals surface area contributed by atoms with Gasteiger partial charge in [0.1, 0.15) is 47.4 Å². The molecule has 14 heteroatoms. The summed E-state index contributed by atoms with van der Waals surface area (Å²) < 4.78 is 42.2. The molecule has 42 heavy (non-hydrogen) atoms. The van der Waals surface area contributed by atoms with Crippen molar-refractivity contribution in [3.63, 3.8) is 0 Å². The predicted octanol–water partition coefficient (Wildman–Crippen LogP) is 4.94. The number of nitrogens with zero attached hydrogens (tertiary/aromatic N) is 8. The monoisotopic (exact) mass is 572 g/mol. The lowest BCUT2D eigenvalue weighted by atomic mass is 10.1. The number of nitrogens with one attached hydrogen (secondary N) is 2. The van der Waals surface area contributed by atoms with Crippen LogP contribution in [-0.4, -0.2) is 53.9 Å². The zero-order chi connectivity index (χ0) is 29.2. The third-order valence-corrected chi connectivity index (χ3v) is 6.80. The fourth-order valence-electron chi connectivity index (χ4n) is 4.66. The molecule has 0 aliphatic heterocycles. The van der Waals surface area contributed by atoms with E-state index in [0.717, 1.165) is 36.2 Å². The second kappa shape index (κ2) is 11.3. The van der Waals surface area contributed by atoms with Gasteiger partial charge in [-0.15, -0.1) is 0 Å². The summed E-state index contributed by atoms with van der Waals surface area (Å²) >= 11 is 0. The minimum Gasteiger partial charge on any atom is -0.497 e. The second-order valence-electron chi connectivity index (χ2n) is 9.58. The van der Waals surface area contributed by atoms with Gasteiger partial charge in [-0.1, -0.05) is 0 Å². The lowest BCUT2D eigenvalue weighted by molar-refractivity contribution is 0.404. The largest absolute Gasteiger partial charge is 0.497 e. The Kier molecular flexibility index (Phi) is 7.25. The molecule has 0 unspecified atom stereocenters. The summed E-state index contributed by atoms with van der Waals surface area (Å²) in [5.74, 6) is 1.04. The van der Waals surface area contributed by atoms with E-state index < -0.39 is 11.6 Å². The van der Waals surface area contributed by atoms with Gasteiger partial charge in [0, 0.05) is 47.3 Å². The van der Waals surface area contributed by atoms with Crippen molar-refractivity contribution < 1.29 is 18.3 Å². The molecule has 1 aliphatic carbocycles. The van der Waals surface area contributed by atoms with Gasteiger partial charge in [0.25, 0.3) is 0 Å². The predicted molar refractivity (Wildman–Crippen MR) is 149 cm³/mol. The van der Waals surface area contributed by atoms with E-state index in [9.17, 15) is 8.78 Å². The van der Waals surface area contributed by atoms with Gasteiger partial charge in [-0.3, -0.25) is 4.68 Å². The Labute approximate surface area is 239 Å². The molecular weight excluding hydrogens is 546 g/mol. The summed E-state index contributed by atoms with van der Waals surface area (Å²) in [6.07, 6.45) is 7.89. The first-order chi connectivity index (χ1) is 20.4. The molecule has 5 aromatic rings. The summed E-state index contributed by atoms with van der Waals surface area (Å²) in [5, 5.41) is 11.1. The summed E-state index contributed by atoms with van der Waals surface area (Å²) in [6.45, 7) is 1.80. The van der Waals surface area contributed by atoms with Gasteiger partial charge in [-0.2, -0.15) is 5.10 Å². The molecule has 214 valence electrons. The van der Waals surface area contributed by atoms with Gasteiger partial charge >= 0.3 is 0 Å². The van der Waals surface area contributed by atoms with Crippen molar-refractivity contribution in [2.24, 2.45) is 0 Å². The molecule has 2 N–H and O–H groups in total. The molecule has 0 amide bonds. The Bertz CT molecular complexity index is 1640. The van der Waals surface area contributed by atoms with Crippen LogP contribution in [0, 0.1) is 18.6 Å². The number of aromatic nitrogens is 8. The number of ether oxygens (including phenoxy) is 2. The van der Waals surface area contributed by atoms with E-state index >= 15 is 0 Å². The Balaban J connectivity index is 1.47. The minimum atomic E-state index is -0.711. The average molecular weight is 573 g/mol. The highest BCUT2D eigenvalue weighted by Crippen LogP contribution is 2.44. The summed E-state index contributed by atoms with van der Waals surface area (Å²) in [6, 6.07) is 5.69. The molecule has 1 saturated carbocycles. The van der Waals surface area contributed by atoms with E-state index in [0.29, 0.717) is 34.7 Å². The van der Waals surface area contributed by atoms with Crippen LogP contribution in [0.1, 0.15) is 35.6 Å². The van der Waals surface area contributed by atoms with E-state index in [1.54, 1.807) is 29.2 Å². The van der Waals surface area contributed by atoms with Crippen LogP contribution >= 0.6 is 0 Å². The molecule has 0 bridgehead atoms. The maximum atomic E-state index is 14.9. The number of anilines is 4. The molecule has 1 aromatic carbocycles. The van der Waals surface area contributed by atoms with Gasteiger partial charge in [-0.25, -0.2) is 38.7 Å². The quantitative estimate of drug-likeness (QED) is 0.235. The standard InChI is InChI=1S/C28H26F2N10O2/c1-15-23(39-40(24(15)16-4-5-16)12-18-19(29)10-17(41-2)11-20(18)30)26-37-27(35-21-6-8-31-13-33-21)25(42-3)28(38-26)36-22-7-9-32-14-34-22/h6-11,13-14,16H,4-5,12H2,1-3H3,(H2,31,32,33,34,35,36,37,38). The second-order valence-corrected chi connectivity index (χ2v) is 9.58. The van der Waals surface area contributed by atoms with Crippen molar-refractivity contribution in [2.45, 2.75) is 32.2 Å². The van der Waals surface area contributed by atoms with Crippen molar-refractivity contribution in [1.29, 1.82) is 0 Å². The molecule has 0 spiro atoms. The third kappa shape index (κ3) is 5.38. The molecular formula is C28H26F2N10O2. The number of halogens is 2. The molecule has 4 heterocycles. The van der Waals surface area contributed by atoms with E-state index in [2.05, 4.69) is 30.6 Å². The maximum absolute atomic E-state index is 14.9. The van der Waals surface area contributed by atoms with Gasteiger partial charge in [0.15, 0.2) is 17.5 Å². The van der Waals surface area contributed by atoms with Gasteiger partial charge in [-0.05, 0) is 31.9 Å². The highest BCUT2D eigenvalue weighted by Gasteiger charge is 2.33. The molecule has 1 aliphatic rings. The highest BCUT2D eigenvalue weighted by molar-refractivity contribution is 5.75. The smallest absolute Gasteiger partial charge is 0.204 e. The lowest BCUT2D eigenvalue weighted by Crippen LogP contribution is -2.10. The van der Waals surface area contributed by atoms with Crippen LogP contribution in [0.5, 0.6) is 11.5 Å². The Morgan fingerprint density at radius 3 is 1.98 bits per heavy atom. The Morgan fingerprint density at radius 2 is 1.50 bits per heavy atom. The van der Waals surface area contributed by atoms with E-state index in [1.165, 1.54) is 26.9 Å². The highest BCUT2D eigenvalue weighted by atomic mass is 19.1. The SMILES string of the molecule is COc1cc(F)c(Cn2nc(-c3nc(Nc4ccncn4)c(OC)c(Nc4ccncn4)n3)c(C)c2C2CC2)c(F)c1. The molecule has 0 radical (unpaired) electrons. The number of rotatable bonds is 10. The lowest BCUT2D eigenvalue weighted by Gasteiger charge is -2.15. The van der Waals surface area contributed by atoms with E-state index in [1.807, 2.05) is 6.92 Å². The summed E-state index contributed by atoms with van der Waals surface area (Å²) in [4.78, 5) is 25.9. The topological polar surface area (TPSA) is 138 Å². The van der Waals surface area contributed by atoms with Crippen LogP contribution in [0.25, 0.3) is 11.5 Å². The summed E-state index contributed by atoms with van der Waals surface area (Å²) in [7, 11) is 2.86. The maximum Gasteiger partial charge on any atom is 0.204 e. The van der Waals surface area contributed by atoms with Crippen molar-refractivity contribution in [1.82, 2.24) is 39.7 Å². The fraction of sp³-hybridized carbons (Fsp3) is 0.250. The first-order valence-electron chi connectivity index (χ1n) is 13.1. The third-order valence-electron chi connectivity index (χ3n) is 6.80. The van der Waals surface area contributed by atoms with Crippen LogP contribution in [0.3, 0.4) is 0 Å². The first kappa shape index (κ1) is 26.9. The van der Waals surface area contributed by atoms with Crippen LogP contribution in [0.4, 0.5) is 32.1 Å².